The van der Waals surface area contributed by atoms with Crippen molar-refractivity contribution in [2.75, 3.05) is 20.3 Å². The van der Waals surface area contributed by atoms with Gasteiger partial charge in [-0.2, -0.15) is 0 Å². The predicted molar refractivity (Wildman–Crippen MR) is 136 cm³/mol. The third kappa shape index (κ3) is 6.71. The molecule has 2 aromatic carbocycles. The summed E-state index contributed by atoms with van der Waals surface area (Å²) in [5, 5.41) is 2.85. The zero-order valence-corrected chi connectivity index (χ0v) is 20.9. The van der Waals surface area contributed by atoms with Crippen LogP contribution in [0.5, 0.6) is 11.6 Å². The number of fused-ring (bicyclic) bond motifs is 1. The Morgan fingerprint density at radius 3 is 2.31 bits per heavy atom. The second-order valence-corrected chi connectivity index (χ2v) is 9.11. The van der Waals surface area contributed by atoms with Crippen LogP contribution < -0.4 is 14.8 Å². The van der Waals surface area contributed by atoms with E-state index in [4.69, 9.17) is 14.2 Å². The van der Waals surface area contributed by atoms with E-state index < -0.39 is 12.0 Å². The van der Waals surface area contributed by atoms with Crippen LogP contribution in [-0.2, 0) is 9.53 Å². The van der Waals surface area contributed by atoms with Crippen LogP contribution in [0.4, 0.5) is 0 Å². The summed E-state index contributed by atoms with van der Waals surface area (Å²) >= 11 is 0. The van der Waals surface area contributed by atoms with Gasteiger partial charge in [-0.3, -0.25) is 4.79 Å². The number of esters is 1. The molecule has 1 aromatic heterocycles. The largest absolute Gasteiger partial charge is 0.490 e. The summed E-state index contributed by atoms with van der Waals surface area (Å²) in [6.07, 6.45) is 6.38. The molecule has 1 saturated carbocycles. The summed E-state index contributed by atoms with van der Waals surface area (Å²) in [6, 6.07) is 13.8. The maximum atomic E-state index is 12.8. The van der Waals surface area contributed by atoms with Crippen LogP contribution in [0.2, 0.25) is 0 Å². The number of amides is 1. The van der Waals surface area contributed by atoms with Gasteiger partial charge in [0.2, 0.25) is 5.88 Å². The highest BCUT2D eigenvalue weighted by Crippen LogP contribution is 2.27. The molecular weight excluding hydrogens is 458 g/mol. The molecule has 0 bridgehead atoms. The first-order valence-corrected chi connectivity index (χ1v) is 12.5. The van der Waals surface area contributed by atoms with E-state index in [1.54, 1.807) is 24.3 Å². The highest BCUT2D eigenvalue weighted by atomic mass is 16.5. The molecule has 8 nitrogen and oxygen atoms in total. The van der Waals surface area contributed by atoms with Crippen LogP contribution in [0.1, 0.15) is 54.6 Å². The van der Waals surface area contributed by atoms with Crippen LogP contribution in [0.15, 0.2) is 48.5 Å². The Morgan fingerprint density at radius 1 is 0.944 bits per heavy atom. The molecule has 4 rings (SSSR count). The molecule has 1 heterocycles. The molecule has 1 amide bonds. The highest BCUT2D eigenvalue weighted by Gasteiger charge is 2.27. The molecule has 36 heavy (non-hydrogen) atoms. The monoisotopic (exact) mass is 491 g/mol. The van der Waals surface area contributed by atoms with E-state index in [2.05, 4.69) is 15.3 Å². The number of carbonyl (C=O) groups is 2. The summed E-state index contributed by atoms with van der Waals surface area (Å²) in [7, 11) is 1.35. The minimum Gasteiger partial charge on any atom is -0.490 e. The van der Waals surface area contributed by atoms with Gasteiger partial charge in [-0.25, -0.2) is 14.8 Å². The first-order chi connectivity index (χ1) is 17.5. The molecule has 0 saturated heterocycles. The van der Waals surface area contributed by atoms with Crippen LogP contribution in [0.3, 0.4) is 0 Å². The maximum Gasteiger partial charge on any atom is 0.328 e. The molecular formula is C28H33N3O5. The smallest absolute Gasteiger partial charge is 0.328 e. The second kappa shape index (κ2) is 12.3. The second-order valence-electron chi connectivity index (χ2n) is 9.11. The lowest BCUT2D eigenvalue weighted by molar-refractivity contribution is -0.143. The van der Waals surface area contributed by atoms with Gasteiger partial charge in [0.15, 0.2) is 0 Å². The van der Waals surface area contributed by atoms with Crippen molar-refractivity contribution < 1.29 is 23.8 Å². The number of nitrogens with zero attached hydrogens (tertiary/aromatic N) is 2. The number of methoxy groups -OCH3 is 1. The van der Waals surface area contributed by atoms with Gasteiger partial charge < -0.3 is 19.5 Å². The Balaban J connectivity index is 1.27. The Labute approximate surface area is 211 Å². The van der Waals surface area contributed by atoms with Gasteiger partial charge in [0.25, 0.3) is 5.91 Å². The Hall–Kier alpha value is -3.68. The standard InChI is InChI=1S/C28H33N3O5/c1-19-27(31-24-11-7-6-10-23(24)29-19)36-17-16-35-22-14-12-21(13-15-22)26(32)30-25(28(33)34-2)18-20-8-4-3-5-9-20/h6-7,10-15,20,25H,3-5,8-9,16-18H2,1-2H3,(H,30,32)/t25-/m0/s1. The number of aryl methyl sites for hydroxylation is 1. The van der Waals surface area contributed by atoms with Gasteiger partial charge in [0, 0.05) is 5.56 Å². The summed E-state index contributed by atoms with van der Waals surface area (Å²) < 4.78 is 16.4. The zero-order chi connectivity index (χ0) is 25.3. The molecule has 1 aliphatic carbocycles. The molecule has 3 aromatic rings. The van der Waals surface area contributed by atoms with Crippen molar-refractivity contribution in [3.8, 4) is 11.6 Å². The number of hydrogen-bond donors (Lipinski definition) is 1. The van der Waals surface area contributed by atoms with Crippen LogP contribution in [0, 0.1) is 12.8 Å². The van der Waals surface area contributed by atoms with Crippen molar-refractivity contribution >= 4 is 22.9 Å². The van der Waals surface area contributed by atoms with Gasteiger partial charge in [0.05, 0.1) is 18.1 Å². The molecule has 0 aliphatic heterocycles. The lowest BCUT2D eigenvalue weighted by atomic mass is 9.85. The summed E-state index contributed by atoms with van der Waals surface area (Å²) in [4.78, 5) is 34.1. The molecule has 190 valence electrons. The average molecular weight is 492 g/mol. The lowest BCUT2D eigenvalue weighted by Gasteiger charge is -2.25. The van der Waals surface area contributed by atoms with Crippen molar-refractivity contribution in [3.63, 3.8) is 0 Å². The van der Waals surface area contributed by atoms with Crippen molar-refractivity contribution in [1.29, 1.82) is 0 Å². The lowest BCUT2D eigenvalue weighted by Crippen LogP contribution is -2.43. The summed E-state index contributed by atoms with van der Waals surface area (Å²) in [5.74, 6) is 0.827. The van der Waals surface area contributed by atoms with E-state index in [1.807, 2.05) is 31.2 Å². The Kier molecular flexibility index (Phi) is 8.71. The van der Waals surface area contributed by atoms with Crippen molar-refractivity contribution in [3.05, 3.63) is 59.8 Å². The van der Waals surface area contributed by atoms with E-state index in [0.717, 1.165) is 29.6 Å². The number of aromatic nitrogens is 2. The number of hydrogen-bond acceptors (Lipinski definition) is 7. The van der Waals surface area contributed by atoms with Gasteiger partial charge in [-0.1, -0.05) is 44.2 Å². The van der Waals surface area contributed by atoms with E-state index in [9.17, 15) is 9.59 Å². The molecule has 1 aliphatic rings. The minimum absolute atomic E-state index is 0.304. The number of ether oxygens (including phenoxy) is 3. The van der Waals surface area contributed by atoms with Gasteiger partial charge >= 0.3 is 5.97 Å². The molecule has 1 N–H and O–H groups in total. The Morgan fingerprint density at radius 2 is 1.61 bits per heavy atom. The molecule has 1 fully saturated rings. The SMILES string of the molecule is COC(=O)[C@H](CC1CCCCC1)NC(=O)c1ccc(OCCOc2nc3ccccc3nc2C)cc1. The van der Waals surface area contributed by atoms with E-state index in [1.165, 1.54) is 26.4 Å². The molecule has 0 radical (unpaired) electrons. The zero-order valence-electron chi connectivity index (χ0n) is 20.9. The number of para-hydroxylation sites is 2. The predicted octanol–water partition coefficient (Wildman–Crippen LogP) is 4.64. The number of carbonyl (C=O) groups excluding carboxylic acids is 2. The minimum atomic E-state index is -0.639. The number of nitrogens with one attached hydrogen (secondary N) is 1. The normalized spacial score (nSPS) is 14.7. The number of benzene rings is 2. The average Bonchev–Trinajstić information content (AvgIpc) is 2.91. The van der Waals surface area contributed by atoms with Crippen LogP contribution in [0.25, 0.3) is 11.0 Å². The quantitative estimate of drug-likeness (QED) is 0.326. The van der Waals surface area contributed by atoms with Crippen LogP contribution in [-0.4, -0.2) is 48.2 Å². The highest BCUT2D eigenvalue weighted by molar-refractivity contribution is 5.96. The van der Waals surface area contributed by atoms with Crippen LogP contribution >= 0.6 is 0 Å². The van der Waals surface area contributed by atoms with Crippen molar-refractivity contribution in [2.24, 2.45) is 5.92 Å². The van der Waals surface area contributed by atoms with Crippen molar-refractivity contribution in [1.82, 2.24) is 15.3 Å². The fraction of sp³-hybridized carbons (Fsp3) is 0.429. The first kappa shape index (κ1) is 25.4. The molecule has 0 unspecified atom stereocenters. The van der Waals surface area contributed by atoms with E-state index in [0.29, 0.717) is 42.7 Å². The van der Waals surface area contributed by atoms with Gasteiger partial charge in [-0.15, -0.1) is 0 Å². The van der Waals surface area contributed by atoms with Gasteiger partial charge in [-0.05, 0) is 55.7 Å². The maximum absolute atomic E-state index is 12.8. The third-order valence-electron chi connectivity index (χ3n) is 6.49. The Bertz CT molecular complexity index is 1180. The van der Waals surface area contributed by atoms with E-state index >= 15 is 0 Å². The molecule has 1 atom stereocenters. The topological polar surface area (TPSA) is 99.6 Å². The molecule has 8 heteroatoms. The fourth-order valence-corrected chi connectivity index (χ4v) is 4.56. The first-order valence-electron chi connectivity index (χ1n) is 12.5. The van der Waals surface area contributed by atoms with E-state index in [-0.39, 0.29) is 5.91 Å². The third-order valence-corrected chi connectivity index (χ3v) is 6.49. The molecule has 0 spiro atoms. The number of rotatable bonds is 10. The fourth-order valence-electron chi connectivity index (χ4n) is 4.56. The van der Waals surface area contributed by atoms with Gasteiger partial charge in [0.1, 0.15) is 30.7 Å². The summed E-state index contributed by atoms with van der Waals surface area (Å²) in [6.45, 7) is 2.47. The van der Waals surface area contributed by atoms with Crippen molar-refractivity contribution in [2.45, 2.75) is 51.5 Å². The summed E-state index contributed by atoms with van der Waals surface area (Å²) in [5.41, 5.74) is 2.78.